The molecule has 2 saturated heterocycles. The van der Waals surface area contributed by atoms with Crippen LogP contribution in [-0.2, 0) is 27.4 Å². The van der Waals surface area contributed by atoms with E-state index in [0.717, 1.165) is 56.4 Å². The summed E-state index contributed by atoms with van der Waals surface area (Å²) in [6.07, 6.45) is 6.54. The lowest BCUT2D eigenvalue weighted by Gasteiger charge is -2.17. The van der Waals surface area contributed by atoms with E-state index >= 15 is 0 Å². The van der Waals surface area contributed by atoms with E-state index in [1.807, 2.05) is 4.68 Å². The van der Waals surface area contributed by atoms with Gasteiger partial charge in [0.05, 0.1) is 23.7 Å². The molecule has 2 atom stereocenters. The maximum atomic E-state index is 12.7. The van der Waals surface area contributed by atoms with Crippen LogP contribution in [0, 0.1) is 0 Å². The predicted molar refractivity (Wildman–Crippen MR) is 92.5 cm³/mol. The summed E-state index contributed by atoms with van der Waals surface area (Å²) in [4.78, 5) is 12.7. The molecule has 25 heavy (non-hydrogen) atoms. The number of amides is 1. The van der Waals surface area contributed by atoms with Gasteiger partial charge in [-0.1, -0.05) is 0 Å². The van der Waals surface area contributed by atoms with Crippen molar-refractivity contribution in [3.8, 4) is 0 Å². The molecule has 0 spiro atoms. The van der Waals surface area contributed by atoms with Crippen LogP contribution in [0.25, 0.3) is 0 Å². The van der Waals surface area contributed by atoms with Gasteiger partial charge in [-0.25, -0.2) is 8.42 Å². The summed E-state index contributed by atoms with van der Waals surface area (Å²) in [6.45, 7) is 1.28. The molecule has 1 amide bonds. The van der Waals surface area contributed by atoms with E-state index in [1.54, 1.807) is 0 Å². The van der Waals surface area contributed by atoms with E-state index in [-0.39, 0.29) is 29.6 Å². The van der Waals surface area contributed by atoms with Crippen molar-refractivity contribution in [3.63, 3.8) is 0 Å². The van der Waals surface area contributed by atoms with E-state index in [0.29, 0.717) is 18.7 Å². The van der Waals surface area contributed by atoms with E-state index in [4.69, 9.17) is 4.74 Å². The third-order valence-electron chi connectivity index (χ3n) is 5.49. The summed E-state index contributed by atoms with van der Waals surface area (Å²) in [6, 6.07) is -0.128. The Labute approximate surface area is 148 Å². The number of sulfone groups is 1. The second-order valence-corrected chi connectivity index (χ2v) is 9.56. The van der Waals surface area contributed by atoms with Crippen molar-refractivity contribution in [3.05, 3.63) is 17.0 Å². The summed E-state index contributed by atoms with van der Waals surface area (Å²) >= 11 is 0. The molecule has 0 unspecified atom stereocenters. The summed E-state index contributed by atoms with van der Waals surface area (Å²) in [5.41, 5.74) is 2.56. The van der Waals surface area contributed by atoms with Gasteiger partial charge in [0.15, 0.2) is 15.5 Å². The Kier molecular flexibility index (Phi) is 4.58. The summed E-state index contributed by atoms with van der Waals surface area (Å²) in [5, 5.41) is 7.54. The third kappa shape index (κ3) is 3.46. The molecule has 0 aromatic carbocycles. The highest BCUT2D eigenvalue weighted by Gasteiger charge is 2.34. The zero-order valence-electron chi connectivity index (χ0n) is 14.4. The summed E-state index contributed by atoms with van der Waals surface area (Å²) in [7, 11) is -2.98. The molecular formula is C17H25N3O4S. The van der Waals surface area contributed by atoms with Crippen LogP contribution in [0.2, 0.25) is 0 Å². The lowest BCUT2D eigenvalue weighted by molar-refractivity contribution is 0.0852. The molecule has 3 aliphatic rings. The minimum absolute atomic E-state index is 0.0989. The molecule has 1 aliphatic carbocycles. The smallest absolute Gasteiger partial charge is 0.272 e. The second kappa shape index (κ2) is 6.72. The van der Waals surface area contributed by atoms with Gasteiger partial charge in [0.1, 0.15) is 0 Å². The quantitative estimate of drug-likeness (QED) is 0.858. The minimum Gasteiger partial charge on any atom is -0.376 e. The van der Waals surface area contributed by atoms with Crippen molar-refractivity contribution in [2.75, 3.05) is 24.7 Å². The van der Waals surface area contributed by atoms with Crippen LogP contribution >= 0.6 is 0 Å². The highest BCUT2D eigenvalue weighted by Crippen LogP contribution is 2.31. The topological polar surface area (TPSA) is 90.3 Å². The standard InChI is InChI=1S/C17H25N3O4S/c21-17(18-10-13-4-3-8-24-13)16-14-5-1-2-6-15(14)20(19-16)12-7-9-25(22,23)11-12/h12-13H,1-11H2,(H,18,21)/t12-,13-/m0/s1. The maximum absolute atomic E-state index is 12.7. The van der Waals surface area contributed by atoms with Gasteiger partial charge in [-0.05, 0) is 44.9 Å². The molecule has 7 nitrogen and oxygen atoms in total. The van der Waals surface area contributed by atoms with E-state index in [1.165, 1.54) is 0 Å². The first kappa shape index (κ1) is 17.0. The largest absolute Gasteiger partial charge is 0.376 e. The lowest BCUT2D eigenvalue weighted by Crippen LogP contribution is -2.32. The average Bonchev–Trinajstić information content (AvgIpc) is 3.30. The van der Waals surface area contributed by atoms with Crippen LogP contribution in [0.4, 0.5) is 0 Å². The lowest BCUT2D eigenvalue weighted by atomic mass is 9.95. The summed E-state index contributed by atoms with van der Waals surface area (Å²) in [5.74, 6) is 0.193. The van der Waals surface area contributed by atoms with Crippen LogP contribution < -0.4 is 5.32 Å². The molecule has 8 heteroatoms. The Morgan fingerprint density at radius 3 is 2.80 bits per heavy atom. The van der Waals surface area contributed by atoms with Crippen LogP contribution in [0.5, 0.6) is 0 Å². The number of nitrogens with one attached hydrogen (secondary N) is 1. The van der Waals surface area contributed by atoms with Gasteiger partial charge in [-0.2, -0.15) is 5.10 Å². The molecule has 3 heterocycles. The molecule has 2 fully saturated rings. The molecule has 138 valence electrons. The van der Waals surface area contributed by atoms with E-state index < -0.39 is 9.84 Å². The van der Waals surface area contributed by atoms with Crippen LogP contribution in [-0.4, -0.2) is 54.9 Å². The Hall–Kier alpha value is -1.41. The van der Waals surface area contributed by atoms with Gasteiger partial charge in [-0.15, -0.1) is 0 Å². The fourth-order valence-corrected chi connectivity index (χ4v) is 5.87. The fraction of sp³-hybridized carbons (Fsp3) is 0.765. The van der Waals surface area contributed by atoms with Crippen molar-refractivity contribution in [1.82, 2.24) is 15.1 Å². The van der Waals surface area contributed by atoms with Gasteiger partial charge < -0.3 is 10.1 Å². The maximum Gasteiger partial charge on any atom is 0.272 e. The monoisotopic (exact) mass is 367 g/mol. The normalized spacial score (nSPS) is 28.0. The van der Waals surface area contributed by atoms with Gasteiger partial charge in [0, 0.05) is 24.4 Å². The molecule has 2 aliphatic heterocycles. The highest BCUT2D eigenvalue weighted by atomic mass is 32.2. The number of hydrogen-bond acceptors (Lipinski definition) is 5. The van der Waals surface area contributed by atoms with Crippen molar-refractivity contribution in [1.29, 1.82) is 0 Å². The van der Waals surface area contributed by atoms with Crippen LogP contribution in [0.1, 0.15) is 59.9 Å². The molecular weight excluding hydrogens is 342 g/mol. The van der Waals surface area contributed by atoms with Gasteiger partial charge in [0.25, 0.3) is 5.91 Å². The Morgan fingerprint density at radius 1 is 1.24 bits per heavy atom. The van der Waals surface area contributed by atoms with Crippen LogP contribution in [0.15, 0.2) is 0 Å². The van der Waals surface area contributed by atoms with E-state index in [9.17, 15) is 13.2 Å². The van der Waals surface area contributed by atoms with Gasteiger partial charge in [0.2, 0.25) is 0 Å². The summed E-state index contributed by atoms with van der Waals surface area (Å²) < 4.78 is 31.1. The number of ether oxygens (including phenoxy) is 1. The molecule has 1 aromatic heterocycles. The Bertz CT molecular complexity index is 765. The highest BCUT2D eigenvalue weighted by molar-refractivity contribution is 7.91. The van der Waals surface area contributed by atoms with Crippen molar-refractivity contribution < 1.29 is 17.9 Å². The number of fused-ring (bicyclic) bond motifs is 1. The first-order chi connectivity index (χ1) is 12.0. The number of rotatable bonds is 4. The number of aromatic nitrogens is 2. The molecule has 0 bridgehead atoms. The second-order valence-electron chi connectivity index (χ2n) is 7.33. The Morgan fingerprint density at radius 2 is 2.08 bits per heavy atom. The number of hydrogen-bond donors (Lipinski definition) is 1. The predicted octanol–water partition coefficient (Wildman–Crippen LogP) is 1.03. The average molecular weight is 367 g/mol. The first-order valence-corrected chi connectivity index (χ1v) is 11.1. The number of nitrogens with zero attached hydrogens (tertiary/aromatic N) is 2. The van der Waals surface area contributed by atoms with E-state index in [2.05, 4.69) is 10.4 Å². The van der Waals surface area contributed by atoms with Gasteiger partial charge in [-0.3, -0.25) is 9.48 Å². The minimum atomic E-state index is -2.98. The van der Waals surface area contributed by atoms with Crippen LogP contribution in [0.3, 0.4) is 0 Å². The third-order valence-corrected chi connectivity index (χ3v) is 7.24. The molecule has 1 N–H and O–H groups in total. The first-order valence-electron chi connectivity index (χ1n) is 9.24. The molecule has 1 aromatic rings. The molecule has 4 rings (SSSR count). The zero-order chi connectivity index (χ0) is 17.4. The van der Waals surface area contributed by atoms with Gasteiger partial charge >= 0.3 is 0 Å². The molecule has 0 saturated carbocycles. The number of carbonyl (C=O) groups is 1. The van der Waals surface area contributed by atoms with Crippen molar-refractivity contribution in [2.45, 2.75) is 57.1 Å². The molecule has 0 radical (unpaired) electrons. The number of carbonyl (C=O) groups excluding carboxylic acids is 1. The SMILES string of the molecule is O=C(NC[C@@H]1CCCO1)c1nn([C@H]2CCS(=O)(=O)C2)c2c1CCCC2. The zero-order valence-corrected chi connectivity index (χ0v) is 15.2. The van der Waals surface area contributed by atoms with Crippen molar-refractivity contribution in [2.24, 2.45) is 0 Å². The van der Waals surface area contributed by atoms with Crippen molar-refractivity contribution >= 4 is 15.7 Å². The Balaban J connectivity index is 1.56. The fourth-order valence-electron chi connectivity index (χ4n) is 4.17.